The van der Waals surface area contributed by atoms with Gasteiger partial charge in [-0.05, 0) is 31.9 Å². The summed E-state index contributed by atoms with van der Waals surface area (Å²) in [5.74, 6) is 0. The predicted molar refractivity (Wildman–Crippen MR) is 61.2 cm³/mol. The summed E-state index contributed by atoms with van der Waals surface area (Å²) < 4.78 is 0. The average Bonchev–Trinajstić information content (AvgIpc) is 2.31. The average molecular weight is 205 g/mol. The Hall–Kier alpha value is -0.930. The lowest BCUT2D eigenvalue weighted by Gasteiger charge is -2.30. The molecule has 3 nitrogen and oxygen atoms in total. The number of hydrogen-bond donors (Lipinski definition) is 1. The minimum Gasteiger partial charge on any atom is -0.260 e. The molecule has 0 saturated carbocycles. The molecule has 15 heavy (non-hydrogen) atoms. The number of rotatable bonds is 3. The van der Waals surface area contributed by atoms with E-state index in [0.29, 0.717) is 6.04 Å². The van der Waals surface area contributed by atoms with Crippen molar-refractivity contribution in [3.05, 3.63) is 30.1 Å². The maximum absolute atomic E-state index is 4.35. The summed E-state index contributed by atoms with van der Waals surface area (Å²) >= 11 is 0. The fraction of sp³-hybridized carbons (Fsp3) is 0.583. The van der Waals surface area contributed by atoms with Gasteiger partial charge in [0, 0.05) is 19.3 Å². The van der Waals surface area contributed by atoms with Crippen LogP contribution in [0.4, 0.5) is 0 Å². The van der Waals surface area contributed by atoms with Gasteiger partial charge in [0.2, 0.25) is 0 Å². The molecular weight excluding hydrogens is 186 g/mol. The van der Waals surface area contributed by atoms with Crippen LogP contribution in [-0.2, 0) is 0 Å². The van der Waals surface area contributed by atoms with Gasteiger partial charge in [-0.2, -0.15) is 0 Å². The van der Waals surface area contributed by atoms with Crippen LogP contribution in [0, 0.1) is 0 Å². The lowest BCUT2D eigenvalue weighted by atomic mass is 10.1. The Morgan fingerprint density at radius 3 is 2.73 bits per heavy atom. The van der Waals surface area contributed by atoms with Crippen LogP contribution in [0.3, 0.4) is 0 Å². The summed E-state index contributed by atoms with van der Waals surface area (Å²) in [6.07, 6.45) is 5.84. The third kappa shape index (κ3) is 3.01. The molecule has 1 atom stereocenters. The third-order valence-electron chi connectivity index (χ3n) is 2.86. The highest BCUT2D eigenvalue weighted by Gasteiger charge is 2.13. The molecule has 1 aromatic rings. The molecule has 82 valence electrons. The van der Waals surface area contributed by atoms with Crippen LogP contribution in [0.5, 0.6) is 0 Å². The number of aromatic nitrogens is 1. The molecular formula is C12H19N3. The molecule has 0 spiro atoms. The quantitative estimate of drug-likeness (QED) is 0.819. The van der Waals surface area contributed by atoms with Crippen molar-refractivity contribution in [1.29, 1.82) is 0 Å². The first-order valence-corrected chi connectivity index (χ1v) is 5.78. The van der Waals surface area contributed by atoms with Crippen molar-refractivity contribution in [1.82, 2.24) is 15.4 Å². The zero-order valence-electron chi connectivity index (χ0n) is 9.32. The number of hydrazine groups is 1. The maximum Gasteiger partial charge on any atom is 0.0608 e. The summed E-state index contributed by atoms with van der Waals surface area (Å²) in [7, 11) is 0. The lowest BCUT2D eigenvalue weighted by molar-refractivity contribution is 0.132. The molecule has 1 fully saturated rings. The summed E-state index contributed by atoms with van der Waals surface area (Å²) in [5, 5.41) is 2.32. The fourth-order valence-corrected chi connectivity index (χ4v) is 2.00. The van der Waals surface area contributed by atoms with Gasteiger partial charge >= 0.3 is 0 Å². The van der Waals surface area contributed by atoms with E-state index in [1.54, 1.807) is 0 Å². The van der Waals surface area contributed by atoms with E-state index in [9.17, 15) is 0 Å². The first kappa shape index (κ1) is 10.6. The number of piperidine rings is 1. The molecule has 2 heterocycles. The zero-order chi connectivity index (χ0) is 10.5. The van der Waals surface area contributed by atoms with Gasteiger partial charge in [-0.1, -0.05) is 12.5 Å². The SMILES string of the molecule is CC(NN1CCCCC1)c1ccccn1. The first-order chi connectivity index (χ1) is 7.36. The van der Waals surface area contributed by atoms with Gasteiger partial charge in [0.15, 0.2) is 0 Å². The molecule has 1 aromatic heterocycles. The minimum absolute atomic E-state index is 0.310. The van der Waals surface area contributed by atoms with Crippen LogP contribution >= 0.6 is 0 Å². The maximum atomic E-state index is 4.35. The van der Waals surface area contributed by atoms with E-state index in [4.69, 9.17) is 0 Å². The van der Waals surface area contributed by atoms with Crippen molar-refractivity contribution in [3.63, 3.8) is 0 Å². The van der Waals surface area contributed by atoms with E-state index >= 15 is 0 Å². The Labute approximate surface area is 91.5 Å². The highest BCUT2D eigenvalue weighted by atomic mass is 15.5. The molecule has 1 aliphatic rings. The molecule has 0 amide bonds. The van der Waals surface area contributed by atoms with E-state index in [-0.39, 0.29) is 0 Å². The second-order valence-corrected chi connectivity index (χ2v) is 4.15. The van der Waals surface area contributed by atoms with Crippen LogP contribution in [0.15, 0.2) is 24.4 Å². The van der Waals surface area contributed by atoms with E-state index in [2.05, 4.69) is 28.4 Å². The van der Waals surface area contributed by atoms with Crippen LogP contribution in [0.25, 0.3) is 0 Å². The van der Waals surface area contributed by atoms with Gasteiger partial charge in [-0.15, -0.1) is 0 Å². The van der Waals surface area contributed by atoms with Crippen LogP contribution in [0.1, 0.15) is 37.9 Å². The largest absolute Gasteiger partial charge is 0.260 e. The number of nitrogens with one attached hydrogen (secondary N) is 1. The zero-order valence-corrected chi connectivity index (χ0v) is 9.32. The normalized spacial score (nSPS) is 20.1. The van der Waals surface area contributed by atoms with E-state index in [1.807, 2.05) is 18.3 Å². The van der Waals surface area contributed by atoms with Gasteiger partial charge in [-0.3, -0.25) is 4.98 Å². The minimum atomic E-state index is 0.310. The van der Waals surface area contributed by atoms with Gasteiger partial charge < -0.3 is 0 Å². The van der Waals surface area contributed by atoms with Gasteiger partial charge in [0.05, 0.1) is 11.7 Å². The molecule has 3 heteroatoms. The van der Waals surface area contributed by atoms with Crippen molar-refractivity contribution in [2.24, 2.45) is 0 Å². The molecule has 1 unspecified atom stereocenters. The lowest BCUT2D eigenvalue weighted by Crippen LogP contribution is -2.43. The van der Waals surface area contributed by atoms with Crippen molar-refractivity contribution >= 4 is 0 Å². The molecule has 2 rings (SSSR count). The van der Waals surface area contributed by atoms with Crippen LogP contribution in [0.2, 0.25) is 0 Å². The summed E-state index contributed by atoms with van der Waals surface area (Å²) in [5.41, 5.74) is 4.62. The molecule has 0 radical (unpaired) electrons. The van der Waals surface area contributed by atoms with E-state index in [1.165, 1.54) is 19.3 Å². The second-order valence-electron chi connectivity index (χ2n) is 4.15. The Balaban J connectivity index is 1.88. The monoisotopic (exact) mass is 205 g/mol. The van der Waals surface area contributed by atoms with Crippen molar-refractivity contribution in [2.45, 2.75) is 32.2 Å². The summed E-state index contributed by atoms with van der Waals surface area (Å²) in [4.78, 5) is 4.35. The van der Waals surface area contributed by atoms with Crippen LogP contribution in [-0.4, -0.2) is 23.1 Å². The highest BCUT2D eigenvalue weighted by Crippen LogP contribution is 2.12. The highest BCUT2D eigenvalue weighted by molar-refractivity contribution is 5.07. The van der Waals surface area contributed by atoms with Crippen molar-refractivity contribution < 1.29 is 0 Å². The fourth-order valence-electron chi connectivity index (χ4n) is 2.00. The Morgan fingerprint density at radius 1 is 1.27 bits per heavy atom. The van der Waals surface area contributed by atoms with E-state index in [0.717, 1.165) is 18.8 Å². The van der Waals surface area contributed by atoms with Gasteiger partial charge in [0.25, 0.3) is 0 Å². The standard InChI is InChI=1S/C12H19N3/c1-11(12-7-3-4-8-13-12)14-15-9-5-2-6-10-15/h3-4,7-8,11,14H,2,5-6,9-10H2,1H3. The summed E-state index contributed by atoms with van der Waals surface area (Å²) in [6, 6.07) is 6.37. The molecule has 1 saturated heterocycles. The molecule has 0 bridgehead atoms. The van der Waals surface area contributed by atoms with Crippen LogP contribution < -0.4 is 5.43 Å². The van der Waals surface area contributed by atoms with Gasteiger partial charge in [-0.25, -0.2) is 10.4 Å². The molecule has 1 aliphatic heterocycles. The van der Waals surface area contributed by atoms with Crippen molar-refractivity contribution in [2.75, 3.05) is 13.1 Å². The summed E-state index contributed by atoms with van der Waals surface area (Å²) in [6.45, 7) is 4.49. The second kappa shape index (κ2) is 5.24. The number of hydrogen-bond acceptors (Lipinski definition) is 3. The number of pyridine rings is 1. The molecule has 0 aromatic carbocycles. The van der Waals surface area contributed by atoms with Gasteiger partial charge in [0.1, 0.15) is 0 Å². The first-order valence-electron chi connectivity index (χ1n) is 5.78. The number of nitrogens with zero attached hydrogens (tertiary/aromatic N) is 2. The Bertz CT molecular complexity index is 280. The molecule has 0 aliphatic carbocycles. The third-order valence-corrected chi connectivity index (χ3v) is 2.86. The smallest absolute Gasteiger partial charge is 0.0608 e. The predicted octanol–water partition coefficient (Wildman–Crippen LogP) is 2.13. The topological polar surface area (TPSA) is 28.2 Å². The Kier molecular flexibility index (Phi) is 3.69. The van der Waals surface area contributed by atoms with Crippen molar-refractivity contribution in [3.8, 4) is 0 Å². The molecule has 1 N–H and O–H groups in total. The Morgan fingerprint density at radius 2 is 2.07 bits per heavy atom. The van der Waals surface area contributed by atoms with E-state index < -0.39 is 0 Å².